The third-order valence-electron chi connectivity index (χ3n) is 4.52. The van der Waals surface area contributed by atoms with E-state index >= 15 is 0 Å². The molecule has 0 unspecified atom stereocenters. The van der Waals surface area contributed by atoms with E-state index in [1.54, 1.807) is 12.3 Å². The summed E-state index contributed by atoms with van der Waals surface area (Å²) in [5.74, 6) is 1.97. The van der Waals surface area contributed by atoms with Crippen molar-refractivity contribution in [1.82, 2.24) is 15.1 Å². The highest BCUT2D eigenvalue weighted by atomic mass is 32.2. The largest absolute Gasteiger partial charge is 0.377 e. The Morgan fingerprint density at radius 1 is 1.43 bits per heavy atom. The molecule has 3 fully saturated rings. The standard InChI is InChI=1S/C15H19N3O2S/c19-14(12-3-4-16-17-6-12)18-9-15(10-18)5-13(8-21-15)20-7-11-1-2-11/h3-4,6,11,13H,1-2,5,7-10H2/t13-/m0/s1. The molecule has 0 radical (unpaired) electrons. The maximum atomic E-state index is 12.3. The molecular weight excluding hydrogens is 286 g/mol. The van der Waals surface area contributed by atoms with Gasteiger partial charge in [-0.1, -0.05) is 0 Å². The molecule has 1 saturated carbocycles. The molecule has 2 saturated heterocycles. The van der Waals surface area contributed by atoms with Crippen LogP contribution in [0.15, 0.2) is 18.5 Å². The lowest BCUT2D eigenvalue weighted by Crippen LogP contribution is -2.60. The second-order valence-electron chi connectivity index (χ2n) is 6.39. The number of amides is 1. The van der Waals surface area contributed by atoms with E-state index < -0.39 is 0 Å². The number of thioether (sulfide) groups is 1. The van der Waals surface area contributed by atoms with Crippen LogP contribution in [-0.2, 0) is 4.74 Å². The summed E-state index contributed by atoms with van der Waals surface area (Å²) in [5.41, 5.74) is 0.629. The molecule has 1 aromatic rings. The summed E-state index contributed by atoms with van der Waals surface area (Å²) in [6, 6.07) is 1.73. The van der Waals surface area contributed by atoms with Crippen molar-refractivity contribution in [2.75, 3.05) is 25.4 Å². The van der Waals surface area contributed by atoms with Gasteiger partial charge in [-0.05, 0) is 31.2 Å². The van der Waals surface area contributed by atoms with Crippen molar-refractivity contribution < 1.29 is 9.53 Å². The predicted octanol–water partition coefficient (Wildman–Crippen LogP) is 1.60. The van der Waals surface area contributed by atoms with Crippen LogP contribution in [0.2, 0.25) is 0 Å². The van der Waals surface area contributed by atoms with Crippen LogP contribution in [0, 0.1) is 5.92 Å². The van der Waals surface area contributed by atoms with Gasteiger partial charge >= 0.3 is 0 Å². The molecule has 6 heteroatoms. The Morgan fingerprint density at radius 3 is 3.00 bits per heavy atom. The van der Waals surface area contributed by atoms with Crippen LogP contribution < -0.4 is 0 Å². The maximum absolute atomic E-state index is 12.3. The molecule has 1 aliphatic carbocycles. The van der Waals surface area contributed by atoms with Gasteiger partial charge in [-0.2, -0.15) is 10.2 Å². The molecule has 0 bridgehead atoms. The average Bonchev–Trinajstić information content (AvgIpc) is 3.22. The highest BCUT2D eigenvalue weighted by Gasteiger charge is 2.51. The van der Waals surface area contributed by atoms with Gasteiger partial charge in [-0.15, -0.1) is 11.8 Å². The first-order valence-corrected chi connectivity index (χ1v) is 8.54. The summed E-state index contributed by atoms with van der Waals surface area (Å²) in [7, 11) is 0. The number of hydrogen-bond donors (Lipinski definition) is 0. The molecule has 2 aliphatic heterocycles. The topological polar surface area (TPSA) is 55.3 Å². The normalized spacial score (nSPS) is 26.9. The smallest absolute Gasteiger partial charge is 0.255 e. The number of nitrogens with zero attached hydrogens (tertiary/aromatic N) is 3. The predicted molar refractivity (Wildman–Crippen MR) is 80.2 cm³/mol. The minimum Gasteiger partial charge on any atom is -0.377 e. The lowest BCUT2D eigenvalue weighted by molar-refractivity contribution is 0.0286. The number of likely N-dealkylation sites (tertiary alicyclic amines) is 1. The fourth-order valence-electron chi connectivity index (χ4n) is 3.08. The summed E-state index contributed by atoms with van der Waals surface area (Å²) in [6.45, 7) is 2.61. The first kappa shape index (κ1) is 13.5. The van der Waals surface area contributed by atoms with Crippen molar-refractivity contribution in [3.05, 3.63) is 24.0 Å². The zero-order chi connectivity index (χ0) is 14.3. The summed E-state index contributed by atoms with van der Waals surface area (Å²) >= 11 is 1.98. The summed E-state index contributed by atoms with van der Waals surface area (Å²) in [6.07, 6.45) is 7.25. The number of rotatable bonds is 4. The Hall–Kier alpha value is -1.14. The van der Waals surface area contributed by atoms with Crippen LogP contribution in [0.4, 0.5) is 0 Å². The van der Waals surface area contributed by atoms with Gasteiger partial charge in [0.15, 0.2) is 0 Å². The van der Waals surface area contributed by atoms with Crippen LogP contribution >= 0.6 is 11.8 Å². The van der Waals surface area contributed by atoms with Gasteiger partial charge in [0.1, 0.15) is 0 Å². The van der Waals surface area contributed by atoms with E-state index in [0.717, 1.165) is 37.8 Å². The molecular formula is C15H19N3O2S. The third kappa shape index (κ3) is 2.79. The van der Waals surface area contributed by atoms with Crippen molar-refractivity contribution in [3.63, 3.8) is 0 Å². The summed E-state index contributed by atoms with van der Waals surface area (Å²) in [4.78, 5) is 14.2. The lowest BCUT2D eigenvalue weighted by atomic mass is 9.92. The molecule has 21 heavy (non-hydrogen) atoms. The van der Waals surface area contributed by atoms with E-state index in [2.05, 4.69) is 10.2 Å². The number of hydrogen-bond acceptors (Lipinski definition) is 5. The molecule has 4 rings (SSSR count). The quantitative estimate of drug-likeness (QED) is 0.846. The fraction of sp³-hybridized carbons (Fsp3) is 0.667. The molecule has 0 N–H and O–H groups in total. The molecule has 1 aromatic heterocycles. The maximum Gasteiger partial charge on any atom is 0.255 e. The fourth-order valence-corrected chi connectivity index (χ4v) is 4.63. The molecule has 1 spiro atoms. The highest BCUT2D eigenvalue weighted by molar-refractivity contribution is 8.01. The molecule has 3 aliphatic rings. The van der Waals surface area contributed by atoms with Crippen molar-refractivity contribution in [2.24, 2.45) is 5.92 Å². The zero-order valence-corrected chi connectivity index (χ0v) is 12.7. The molecule has 1 amide bonds. The summed E-state index contributed by atoms with van der Waals surface area (Å²) < 4.78 is 6.24. The molecule has 0 aromatic carbocycles. The van der Waals surface area contributed by atoms with Crippen molar-refractivity contribution in [1.29, 1.82) is 0 Å². The average molecular weight is 305 g/mol. The number of carbonyl (C=O) groups excluding carboxylic acids is 1. The van der Waals surface area contributed by atoms with Gasteiger partial charge in [-0.3, -0.25) is 4.79 Å². The zero-order valence-electron chi connectivity index (χ0n) is 11.9. The Kier molecular flexibility index (Phi) is 3.38. The van der Waals surface area contributed by atoms with Gasteiger partial charge in [0, 0.05) is 25.4 Å². The van der Waals surface area contributed by atoms with Gasteiger partial charge < -0.3 is 9.64 Å². The van der Waals surface area contributed by atoms with Gasteiger partial charge in [-0.25, -0.2) is 0 Å². The SMILES string of the molecule is O=C(c1ccnnc1)N1CC2(C[C@H](OCC3CC3)CS2)C1. The van der Waals surface area contributed by atoms with Crippen LogP contribution in [0.25, 0.3) is 0 Å². The van der Waals surface area contributed by atoms with E-state index in [0.29, 0.717) is 11.7 Å². The van der Waals surface area contributed by atoms with E-state index in [1.807, 2.05) is 16.7 Å². The van der Waals surface area contributed by atoms with Gasteiger partial charge in [0.2, 0.25) is 0 Å². The van der Waals surface area contributed by atoms with Crippen molar-refractivity contribution in [2.45, 2.75) is 30.1 Å². The monoisotopic (exact) mass is 305 g/mol. The van der Waals surface area contributed by atoms with Crippen molar-refractivity contribution in [3.8, 4) is 0 Å². The molecule has 5 nitrogen and oxygen atoms in total. The Balaban J connectivity index is 1.29. The molecule has 3 heterocycles. The van der Waals surface area contributed by atoms with Gasteiger partial charge in [0.05, 0.1) is 28.8 Å². The Bertz CT molecular complexity index is 529. The molecule has 112 valence electrons. The number of aromatic nitrogens is 2. The second kappa shape index (κ2) is 5.25. The minimum atomic E-state index is 0.0680. The molecule has 1 atom stereocenters. The van der Waals surface area contributed by atoms with E-state index in [4.69, 9.17) is 4.74 Å². The van der Waals surface area contributed by atoms with Crippen LogP contribution in [-0.4, -0.2) is 57.3 Å². The van der Waals surface area contributed by atoms with Crippen LogP contribution in [0.1, 0.15) is 29.6 Å². The second-order valence-corrected chi connectivity index (χ2v) is 7.88. The van der Waals surface area contributed by atoms with Gasteiger partial charge in [0.25, 0.3) is 5.91 Å². The lowest BCUT2D eigenvalue weighted by Gasteiger charge is -2.47. The summed E-state index contributed by atoms with van der Waals surface area (Å²) in [5, 5.41) is 7.48. The van der Waals surface area contributed by atoms with E-state index in [1.165, 1.54) is 19.0 Å². The number of ether oxygens (including phenoxy) is 1. The highest BCUT2D eigenvalue weighted by Crippen LogP contribution is 2.46. The van der Waals surface area contributed by atoms with Crippen LogP contribution in [0.3, 0.4) is 0 Å². The van der Waals surface area contributed by atoms with E-state index in [-0.39, 0.29) is 10.7 Å². The van der Waals surface area contributed by atoms with Crippen molar-refractivity contribution >= 4 is 17.7 Å². The minimum absolute atomic E-state index is 0.0680. The number of carbonyl (C=O) groups is 1. The van der Waals surface area contributed by atoms with E-state index in [9.17, 15) is 4.79 Å². The Morgan fingerprint density at radius 2 is 2.29 bits per heavy atom. The first-order chi connectivity index (χ1) is 10.2. The van der Waals surface area contributed by atoms with Crippen LogP contribution in [0.5, 0.6) is 0 Å². The first-order valence-electron chi connectivity index (χ1n) is 7.56. The third-order valence-corrected chi connectivity index (χ3v) is 6.09. The Labute approximate surface area is 128 Å².